The van der Waals surface area contributed by atoms with Crippen molar-refractivity contribution in [3.63, 3.8) is 0 Å². The summed E-state index contributed by atoms with van der Waals surface area (Å²) in [6.07, 6.45) is 0.145. The Morgan fingerprint density at radius 1 is 1.32 bits per heavy atom. The average Bonchev–Trinajstić information content (AvgIpc) is 2.45. The van der Waals surface area contributed by atoms with Crippen LogP contribution in [0, 0.1) is 0 Å². The van der Waals surface area contributed by atoms with Gasteiger partial charge in [-0.25, -0.2) is 0 Å². The summed E-state index contributed by atoms with van der Waals surface area (Å²) in [4.78, 5) is 2.32. The average molecular weight is 305 g/mol. The van der Waals surface area contributed by atoms with Gasteiger partial charge in [-0.05, 0) is 17.7 Å². The molecule has 0 saturated carbocycles. The predicted octanol–water partition coefficient (Wildman–Crippen LogP) is 3.18. The fourth-order valence-electron chi connectivity index (χ4n) is 1.96. The second kappa shape index (κ2) is 8.77. The number of benzene rings is 1. The number of rotatable bonds is 3. The molecule has 1 aliphatic rings. The van der Waals surface area contributed by atoms with Gasteiger partial charge in [0.1, 0.15) is 0 Å². The highest BCUT2D eigenvalue weighted by Gasteiger charge is 2.19. The van der Waals surface area contributed by atoms with Crippen LogP contribution in [0.5, 0.6) is 0 Å². The van der Waals surface area contributed by atoms with Gasteiger partial charge in [-0.3, -0.25) is 4.90 Å². The Balaban J connectivity index is 0.000000861. The number of nitrogens with zero attached hydrogens (tertiary/aromatic N) is 1. The quantitative estimate of drug-likeness (QED) is 0.932. The third kappa shape index (κ3) is 5.28. The molecule has 0 radical (unpaired) electrons. The van der Waals surface area contributed by atoms with E-state index >= 15 is 0 Å². The van der Waals surface area contributed by atoms with Crippen LogP contribution >= 0.6 is 23.2 Å². The fraction of sp³-hybridized carbons (Fsp3) is 0.571. The summed E-state index contributed by atoms with van der Waals surface area (Å²) in [5.41, 5.74) is 6.78. The molecule has 0 aromatic heterocycles. The van der Waals surface area contributed by atoms with Gasteiger partial charge in [0, 0.05) is 26.2 Å². The first-order valence-corrected chi connectivity index (χ1v) is 7.42. The molecule has 108 valence electrons. The van der Waals surface area contributed by atoms with Crippen LogP contribution in [0.25, 0.3) is 0 Å². The van der Waals surface area contributed by atoms with Crippen molar-refractivity contribution in [2.45, 2.75) is 26.5 Å². The first-order valence-electron chi connectivity index (χ1n) is 6.67. The summed E-state index contributed by atoms with van der Waals surface area (Å²) in [5.74, 6) is 0. The number of hydrogen-bond acceptors (Lipinski definition) is 3. The van der Waals surface area contributed by atoms with E-state index < -0.39 is 0 Å². The van der Waals surface area contributed by atoms with E-state index in [1.165, 1.54) is 0 Å². The molecule has 0 spiro atoms. The van der Waals surface area contributed by atoms with Crippen LogP contribution in [-0.4, -0.2) is 37.2 Å². The zero-order valence-electron chi connectivity index (χ0n) is 11.5. The van der Waals surface area contributed by atoms with E-state index in [1.54, 1.807) is 0 Å². The van der Waals surface area contributed by atoms with Gasteiger partial charge in [0.2, 0.25) is 0 Å². The van der Waals surface area contributed by atoms with Crippen molar-refractivity contribution in [2.75, 3.05) is 26.2 Å². The van der Waals surface area contributed by atoms with Crippen LogP contribution in [0.15, 0.2) is 18.2 Å². The second-order valence-corrected chi connectivity index (χ2v) is 5.03. The topological polar surface area (TPSA) is 38.5 Å². The Labute approximate surface area is 125 Å². The van der Waals surface area contributed by atoms with Crippen molar-refractivity contribution in [3.8, 4) is 0 Å². The molecular weight excluding hydrogens is 283 g/mol. The van der Waals surface area contributed by atoms with E-state index in [0.717, 1.165) is 31.8 Å². The highest BCUT2D eigenvalue weighted by atomic mass is 35.5. The molecular formula is C14H22Cl2N2O. The lowest BCUT2D eigenvalue weighted by Crippen LogP contribution is -2.45. The van der Waals surface area contributed by atoms with Crippen LogP contribution in [0.2, 0.25) is 10.0 Å². The van der Waals surface area contributed by atoms with Crippen LogP contribution in [0.3, 0.4) is 0 Å². The van der Waals surface area contributed by atoms with Crippen LogP contribution in [0.1, 0.15) is 19.4 Å². The first-order chi connectivity index (χ1) is 9.19. The van der Waals surface area contributed by atoms with Gasteiger partial charge in [-0.2, -0.15) is 0 Å². The van der Waals surface area contributed by atoms with Crippen LogP contribution in [-0.2, 0) is 11.3 Å². The lowest BCUT2D eigenvalue weighted by Gasteiger charge is -2.32. The van der Waals surface area contributed by atoms with Crippen molar-refractivity contribution < 1.29 is 4.74 Å². The fourth-order valence-corrected chi connectivity index (χ4v) is 2.28. The zero-order chi connectivity index (χ0) is 14.3. The van der Waals surface area contributed by atoms with Crippen molar-refractivity contribution in [1.82, 2.24) is 4.90 Å². The van der Waals surface area contributed by atoms with Crippen molar-refractivity contribution in [1.29, 1.82) is 0 Å². The predicted molar refractivity (Wildman–Crippen MR) is 81.9 cm³/mol. The van der Waals surface area contributed by atoms with Gasteiger partial charge in [0.05, 0.1) is 22.8 Å². The summed E-state index contributed by atoms with van der Waals surface area (Å²) in [7, 11) is 0. The van der Waals surface area contributed by atoms with E-state index in [-0.39, 0.29) is 6.10 Å². The Hall–Kier alpha value is -0.320. The molecule has 1 aromatic rings. The molecule has 3 nitrogen and oxygen atoms in total. The minimum atomic E-state index is 0.145. The maximum absolute atomic E-state index is 5.99. The monoisotopic (exact) mass is 304 g/mol. The number of hydrogen-bond donors (Lipinski definition) is 1. The maximum atomic E-state index is 5.99. The van der Waals surface area contributed by atoms with Crippen LogP contribution in [0.4, 0.5) is 0 Å². The first kappa shape index (κ1) is 16.7. The second-order valence-electron chi connectivity index (χ2n) is 4.21. The highest BCUT2D eigenvalue weighted by Crippen LogP contribution is 2.23. The summed E-state index contributed by atoms with van der Waals surface area (Å²) in [6, 6.07) is 5.75. The molecule has 5 heteroatoms. The van der Waals surface area contributed by atoms with Crippen LogP contribution < -0.4 is 5.73 Å². The standard InChI is InChI=1S/C12H16Cl2N2O.C2H6/c13-11-2-1-9(5-12(11)14)7-16-3-4-17-10(6-15)8-16;1-2/h1-2,5,10H,3-4,6-8,15H2;1-2H3/t10-;/m0./s1. The lowest BCUT2D eigenvalue weighted by atomic mass is 10.2. The molecule has 1 heterocycles. The molecule has 19 heavy (non-hydrogen) atoms. The smallest absolute Gasteiger partial charge is 0.0824 e. The molecule has 2 N–H and O–H groups in total. The van der Waals surface area contributed by atoms with E-state index in [4.69, 9.17) is 33.7 Å². The third-order valence-corrected chi connectivity index (χ3v) is 3.62. The highest BCUT2D eigenvalue weighted by molar-refractivity contribution is 6.42. The van der Waals surface area contributed by atoms with Crippen molar-refractivity contribution >= 4 is 23.2 Å². The SMILES string of the molecule is CC.NC[C@H]1CN(Cc2ccc(Cl)c(Cl)c2)CCO1. The van der Waals surface area contributed by atoms with Crippen molar-refractivity contribution in [3.05, 3.63) is 33.8 Å². The summed E-state index contributed by atoms with van der Waals surface area (Å²) >= 11 is 11.9. The minimum absolute atomic E-state index is 0.145. The maximum Gasteiger partial charge on any atom is 0.0824 e. The zero-order valence-corrected chi connectivity index (χ0v) is 13.0. The van der Waals surface area contributed by atoms with Gasteiger partial charge in [0.25, 0.3) is 0 Å². The number of nitrogens with two attached hydrogens (primary N) is 1. The molecule has 1 atom stereocenters. The Morgan fingerprint density at radius 2 is 2.05 bits per heavy atom. The number of ether oxygens (including phenoxy) is 1. The molecule has 1 aromatic carbocycles. The van der Waals surface area contributed by atoms with Gasteiger partial charge >= 0.3 is 0 Å². The van der Waals surface area contributed by atoms with Crippen molar-refractivity contribution in [2.24, 2.45) is 5.73 Å². The Morgan fingerprint density at radius 3 is 2.68 bits per heavy atom. The largest absolute Gasteiger partial charge is 0.374 e. The van der Waals surface area contributed by atoms with Gasteiger partial charge in [-0.15, -0.1) is 0 Å². The molecule has 0 amide bonds. The van der Waals surface area contributed by atoms with E-state index in [1.807, 2.05) is 32.0 Å². The summed E-state index contributed by atoms with van der Waals surface area (Å²) in [6.45, 7) is 7.96. The van der Waals surface area contributed by atoms with Gasteiger partial charge < -0.3 is 10.5 Å². The van der Waals surface area contributed by atoms with Gasteiger partial charge in [0.15, 0.2) is 0 Å². The number of halogens is 2. The van der Waals surface area contributed by atoms with E-state index in [9.17, 15) is 0 Å². The molecule has 2 rings (SSSR count). The summed E-state index contributed by atoms with van der Waals surface area (Å²) < 4.78 is 5.52. The van der Waals surface area contributed by atoms with Gasteiger partial charge in [-0.1, -0.05) is 43.1 Å². The minimum Gasteiger partial charge on any atom is -0.374 e. The molecule has 1 fully saturated rings. The molecule has 1 saturated heterocycles. The normalized spacial score (nSPS) is 19.7. The molecule has 0 bridgehead atoms. The molecule has 0 aliphatic carbocycles. The van der Waals surface area contributed by atoms with E-state index in [2.05, 4.69) is 4.90 Å². The molecule has 0 unspecified atom stereocenters. The third-order valence-electron chi connectivity index (χ3n) is 2.88. The Kier molecular flexibility index (Phi) is 7.73. The lowest BCUT2D eigenvalue weighted by molar-refractivity contribution is -0.0260. The van der Waals surface area contributed by atoms with E-state index in [0.29, 0.717) is 16.6 Å². The summed E-state index contributed by atoms with van der Waals surface area (Å²) in [5, 5.41) is 1.20. The molecule has 1 aliphatic heterocycles. The Bertz CT molecular complexity index is 388. The number of morpholine rings is 1.